The van der Waals surface area contributed by atoms with Crippen molar-refractivity contribution in [1.29, 1.82) is 0 Å². The van der Waals surface area contributed by atoms with E-state index in [1.165, 1.54) is 31.4 Å². The molecule has 0 aromatic heterocycles. The number of anilines is 2. The van der Waals surface area contributed by atoms with Crippen LogP contribution < -0.4 is 15.8 Å². The first kappa shape index (κ1) is 23.6. The number of nitrogens with one attached hydrogen (secondary N) is 1. The third-order valence-corrected chi connectivity index (χ3v) is 5.04. The van der Waals surface area contributed by atoms with E-state index in [0.29, 0.717) is 11.1 Å². The first-order chi connectivity index (χ1) is 15.7. The zero-order valence-corrected chi connectivity index (χ0v) is 18.5. The van der Waals surface area contributed by atoms with Gasteiger partial charge in [0.1, 0.15) is 17.0 Å². The second-order valence-corrected chi connectivity index (χ2v) is 7.44. The minimum absolute atomic E-state index is 0.0271. The maximum absolute atomic E-state index is 13.1. The average molecular weight is 470 g/mol. The normalized spacial score (nSPS) is 11.4. The highest BCUT2D eigenvalue weighted by molar-refractivity contribution is 6.33. The first-order valence-corrected chi connectivity index (χ1v) is 10.0. The lowest BCUT2D eigenvalue weighted by atomic mass is 10.1. The van der Waals surface area contributed by atoms with Gasteiger partial charge in [-0.3, -0.25) is 14.9 Å². The second kappa shape index (κ2) is 10.0. The molecule has 0 saturated heterocycles. The molecule has 0 aliphatic rings. The molecule has 0 saturated carbocycles. The number of benzene rings is 3. The van der Waals surface area contributed by atoms with E-state index in [1.807, 2.05) is 0 Å². The summed E-state index contributed by atoms with van der Waals surface area (Å²) in [6, 6.07) is 15.3. The number of nitro groups is 1. The molecule has 3 aromatic rings. The zero-order valence-electron chi connectivity index (χ0n) is 17.7. The van der Waals surface area contributed by atoms with Crippen LogP contribution in [0.5, 0.6) is 5.75 Å². The van der Waals surface area contributed by atoms with Gasteiger partial charge in [-0.1, -0.05) is 48.0 Å². The molecule has 3 aromatic carbocycles. The van der Waals surface area contributed by atoms with Gasteiger partial charge in [-0.2, -0.15) is 0 Å². The lowest BCUT2D eigenvalue weighted by Gasteiger charge is -2.19. The highest BCUT2D eigenvalue weighted by atomic mass is 35.5. The van der Waals surface area contributed by atoms with E-state index in [0.717, 1.165) is 0 Å². The first-order valence-electron chi connectivity index (χ1n) is 9.66. The number of carbonyl (C=O) groups excluding carboxylic acids is 2. The van der Waals surface area contributed by atoms with E-state index in [1.54, 1.807) is 43.3 Å². The molecule has 0 radical (unpaired) electrons. The SMILES string of the molecule is COc1cc(N)c(Cl)cc1C(=O)OC(C(=O)Nc1ccc(C)cc1[N+](=O)[O-])c1ccccc1. The van der Waals surface area contributed by atoms with Crippen LogP contribution in [0.3, 0.4) is 0 Å². The summed E-state index contributed by atoms with van der Waals surface area (Å²) in [7, 11) is 1.34. The van der Waals surface area contributed by atoms with Gasteiger partial charge in [0.25, 0.3) is 11.6 Å². The van der Waals surface area contributed by atoms with E-state index in [4.69, 9.17) is 26.8 Å². The molecule has 3 rings (SSSR count). The number of carbonyl (C=O) groups is 2. The Morgan fingerprint density at radius 2 is 1.82 bits per heavy atom. The number of aryl methyl sites for hydroxylation is 1. The maximum atomic E-state index is 13.1. The number of methoxy groups -OCH3 is 1. The fraction of sp³-hybridized carbons (Fsp3) is 0.130. The van der Waals surface area contributed by atoms with Crippen LogP contribution in [-0.4, -0.2) is 23.9 Å². The Morgan fingerprint density at radius 3 is 2.45 bits per heavy atom. The summed E-state index contributed by atoms with van der Waals surface area (Å²) in [5.74, 6) is -1.55. The van der Waals surface area contributed by atoms with Gasteiger partial charge in [0, 0.05) is 17.7 Å². The van der Waals surface area contributed by atoms with Crippen molar-refractivity contribution in [3.63, 3.8) is 0 Å². The third kappa shape index (κ3) is 5.39. The van der Waals surface area contributed by atoms with Crippen LogP contribution in [-0.2, 0) is 9.53 Å². The monoisotopic (exact) mass is 469 g/mol. The van der Waals surface area contributed by atoms with Gasteiger partial charge >= 0.3 is 5.97 Å². The quantitative estimate of drug-likeness (QED) is 0.222. The Bertz CT molecular complexity index is 1220. The van der Waals surface area contributed by atoms with Crippen molar-refractivity contribution in [2.45, 2.75) is 13.0 Å². The highest BCUT2D eigenvalue weighted by Gasteiger charge is 2.29. The number of nitrogens with two attached hydrogens (primary N) is 1. The van der Waals surface area contributed by atoms with Crippen molar-refractivity contribution < 1.29 is 24.0 Å². The fourth-order valence-electron chi connectivity index (χ4n) is 3.07. The van der Waals surface area contributed by atoms with Gasteiger partial charge in [0.15, 0.2) is 0 Å². The number of nitrogens with zero attached hydrogens (tertiary/aromatic N) is 1. The Hall–Kier alpha value is -4.11. The number of ether oxygens (including phenoxy) is 2. The Balaban J connectivity index is 1.96. The zero-order chi connectivity index (χ0) is 24.1. The lowest BCUT2D eigenvalue weighted by Crippen LogP contribution is -2.26. The van der Waals surface area contributed by atoms with Crippen LogP contribution in [0.4, 0.5) is 17.1 Å². The number of hydrogen-bond acceptors (Lipinski definition) is 7. The Morgan fingerprint density at radius 1 is 1.12 bits per heavy atom. The van der Waals surface area contributed by atoms with Crippen LogP contribution in [0, 0.1) is 17.0 Å². The van der Waals surface area contributed by atoms with Crippen molar-refractivity contribution in [1.82, 2.24) is 0 Å². The topological polar surface area (TPSA) is 134 Å². The number of nitrogen functional groups attached to an aromatic ring is 1. The minimum atomic E-state index is -1.42. The average Bonchev–Trinajstić information content (AvgIpc) is 2.80. The summed E-state index contributed by atoms with van der Waals surface area (Å²) in [4.78, 5) is 36.9. The molecule has 0 aliphatic heterocycles. The molecule has 9 nitrogen and oxygen atoms in total. The standard InChI is InChI=1S/C23H20ClN3O6/c1-13-8-9-18(19(10-13)27(30)31)26-22(28)21(14-6-4-3-5-7-14)33-23(29)15-11-16(24)17(25)12-20(15)32-2/h3-12,21H,25H2,1-2H3,(H,26,28). The summed E-state index contributed by atoms with van der Waals surface area (Å²) in [5, 5.41) is 14.0. The Labute approximate surface area is 194 Å². The van der Waals surface area contributed by atoms with E-state index < -0.39 is 22.9 Å². The summed E-state index contributed by atoms with van der Waals surface area (Å²) >= 11 is 6.04. The van der Waals surface area contributed by atoms with Crippen molar-refractivity contribution >= 4 is 40.5 Å². The number of nitro benzene ring substituents is 1. The Kier molecular flexibility index (Phi) is 7.14. The molecule has 1 atom stereocenters. The van der Waals surface area contributed by atoms with Crippen LogP contribution in [0.1, 0.15) is 27.6 Å². The van der Waals surface area contributed by atoms with E-state index in [-0.39, 0.29) is 33.4 Å². The molecule has 170 valence electrons. The smallest absolute Gasteiger partial charge is 0.343 e. The molecular formula is C23H20ClN3O6. The molecule has 1 amide bonds. The predicted molar refractivity (Wildman–Crippen MR) is 123 cm³/mol. The summed E-state index contributed by atoms with van der Waals surface area (Å²) in [5.41, 5.74) is 6.62. The predicted octanol–water partition coefficient (Wildman–Crippen LogP) is 4.68. The number of esters is 1. The molecule has 33 heavy (non-hydrogen) atoms. The van der Waals surface area contributed by atoms with Crippen LogP contribution in [0.15, 0.2) is 60.7 Å². The fourth-order valence-corrected chi connectivity index (χ4v) is 3.23. The molecule has 1 unspecified atom stereocenters. The van der Waals surface area contributed by atoms with Gasteiger partial charge in [-0.25, -0.2) is 4.79 Å². The van der Waals surface area contributed by atoms with Crippen molar-refractivity contribution in [3.8, 4) is 5.75 Å². The van der Waals surface area contributed by atoms with Crippen molar-refractivity contribution in [3.05, 3.63) is 92.5 Å². The van der Waals surface area contributed by atoms with Crippen LogP contribution in [0.2, 0.25) is 5.02 Å². The van der Waals surface area contributed by atoms with Gasteiger partial charge in [0.2, 0.25) is 6.10 Å². The maximum Gasteiger partial charge on any atom is 0.343 e. The van der Waals surface area contributed by atoms with Crippen LogP contribution >= 0.6 is 11.6 Å². The number of rotatable bonds is 7. The lowest BCUT2D eigenvalue weighted by molar-refractivity contribution is -0.384. The summed E-state index contributed by atoms with van der Waals surface area (Å²) < 4.78 is 10.7. The van der Waals surface area contributed by atoms with E-state index >= 15 is 0 Å². The summed E-state index contributed by atoms with van der Waals surface area (Å²) in [6.07, 6.45) is -1.42. The molecular weight excluding hydrogens is 450 g/mol. The summed E-state index contributed by atoms with van der Waals surface area (Å²) in [6.45, 7) is 1.69. The van der Waals surface area contributed by atoms with Crippen molar-refractivity contribution in [2.75, 3.05) is 18.2 Å². The van der Waals surface area contributed by atoms with E-state index in [9.17, 15) is 19.7 Å². The van der Waals surface area contributed by atoms with Gasteiger partial charge < -0.3 is 20.5 Å². The molecule has 0 fully saturated rings. The third-order valence-electron chi connectivity index (χ3n) is 4.71. The minimum Gasteiger partial charge on any atom is -0.496 e. The van der Waals surface area contributed by atoms with E-state index in [2.05, 4.69) is 5.32 Å². The highest BCUT2D eigenvalue weighted by Crippen LogP contribution is 2.32. The molecule has 0 aliphatic carbocycles. The number of hydrogen-bond donors (Lipinski definition) is 2. The van der Waals surface area contributed by atoms with Gasteiger partial charge in [0.05, 0.1) is 22.7 Å². The largest absolute Gasteiger partial charge is 0.496 e. The number of halogens is 1. The number of amides is 1. The molecule has 0 spiro atoms. The molecule has 0 heterocycles. The molecule has 3 N–H and O–H groups in total. The van der Waals surface area contributed by atoms with Gasteiger partial charge in [-0.15, -0.1) is 0 Å². The van der Waals surface area contributed by atoms with Crippen molar-refractivity contribution in [2.24, 2.45) is 0 Å². The molecule has 0 bridgehead atoms. The van der Waals surface area contributed by atoms with Crippen LogP contribution in [0.25, 0.3) is 0 Å². The van der Waals surface area contributed by atoms with Gasteiger partial charge in [-0.05, 0) is 24.6 Å². The second-order valence-electron chi connectivity index (χ2n) is 7.04. The molecule has 10 heteroatoms.